The van der Waals surface area contributed by atoms with Crippen LogP contribution in [0.1, 0.15) is 16.8 Å². The zero-order valence-electron chi connectivity index (χ0n) is 10.4. The van der Waals surface area contributed by atoms with E-state index in [1.165, 1.54) is 10.6 Å². The van der Waals surface area contributed by atoms with Crippen molar-refractivity contribution in [2.45, 2.75) is 12.5 Å². The molecule has 2 aliphatic heterocycles. The molecule has 1 amide bonds. The Morgan fingerprint density at radius 1 is 1.44 bits per heavy atom. The Balaban J connectivity index is 1.86. The first-order valence-electron chi connectivity index (χ1n) is 6.35. The van der Waals surface area contributed by atoms with Crippen molar-refractivity contribution in [1.82, 2.24) is 14.8 Å². The third-order valence-electron chi connectivity index (χ3n) is 4.06. The number of nitrogens with zero attached hydrogens (tertiary/aromatic N) is 2. The van der Waals surface area contributed by atoms with Crippen LogP contribution in [0.3, 0.4) is 0 Å². The highest BCUT2D eigenvalue weighted by Crippen LogP contribution is 2.28. The second-order valence-electron chi connectivity index (χ2n) is 5.14. The first-order chi connectivity index (χ1) is 8.66. The molecule has 0 aromatic carbocycles. The van der Waals surface area contributed by atoms with Crippen molar-refractivity contribution in [3.63, 3.8) is 0 Å². The number of aryl methyl sites for hydroxylation is 1. The molecule has 2 aliphatic rings. The third-order valence-corrected chi connectivity index (χ3v) is 4.06. The fraction of sp³-hybridized carbons (Fsp3) is 0.538. The van der Waals surface area contributed by atoms with E-state index in [1.807, 2.05) is 4.90 Å². The van der Waals surface area contributed by atoms with Crippen LogP contribution in [0, 0.1) is 5.92 Å². The quantitative estimate of drug-likeness (QED) is 0.749. The molecule has 3 heterocycles. The molecule has 0 saturated carbocycles. The number of nitrogens with one attached hydrogen (secondary N) is 1. The maximum atomic E-state index is 12.4. The van der Waals surface area contributed by atoms with Gasteiger partial charge in [-0.1, -0.05) is 0 Å². The van der Waals surface area contributed by atoms with Gasteiger partial charge in [0.15, 0.2) is 0 Å². The van der Waals surface area contributed by atoms with Crippen LogP contribution in [0.25, 0.3) is 0 Å². The number of rotatable bonds is 1. The second kappa shape index (κ2) is 4.24. The molecule has 1 aromatic rings. The van der Waals surface area contributed by atoms with Gasteiger partial charge in [-0.15, -0.1) is 0 Å². The van der Waals surface area contributed by atoms with Crippen LogP contribution in [0.5, 0.6) is 0 Å². The van der Waals surface area contributed by atoms with Crippen molar-refractivity contribution in [2.24, 2.45) is 13.0 Å². The van der Waals surface area contributed by atoms with Crippen LogP contribution < -0.4 is 10.9 Å². The number of aromatic nitrogens is 1. The van der Waals surface area contributed by atoms with Gasteiger partial charge in [0.2, 0.25) is 0 Å². The summed E-state index contributed by atoms with van der Waals surface area (Å²) in [7, 11) is 1.68. The molecule has 5 heteroatoms. The molecule has 0 aliphatic carbocycles. The summed E-state index contributed by atoms with van der Waals surface area (Å²) in [6, 6.07) is 3.46. The van der Waals surface area contributed by atoms with Crippen molar-refractivity contribution >= 4 is 5.91 Å². The lowest BCUT2D eigenvalue weighted by molar-refractivity contribution is 0.0736. The lowest BCUT2D eigenvalue weighted by atomic mass is 10.0. The number of hydrogen-bond donors (Lipinski definition) is 1. The molecule has 2 fully saturated rings. The van der Waals surface area contributed by atoms with E-state index in [9.17, 15) is 9.59 Å². The Hall–Kier alpha value is -1.62. The summed E-state index contributed by atoms with van der Waals surface area (Å²) < 4.78 is 1.47. The Morgan fingerprint density at radius 3 is 3.06 bits per heavy atom. The highest BCUT2D eigenvalue weighted by molar-refractivity contribution is 5.94. The minimum Gasteiger partial charge on any atom is -0.334 e. The van der Waals surface area contributed by atoms with E-state index in [2.05, 4.69) is 5.32 Å². The average molecular weight is 247 g/mol. The van der Waals surface area contributed by atoms with Crippen molar-refractivity contribution < 1.29 is 4.79 Å². The van der Waals surface area contributed by atoms with E-state index in [0.29, 0.717) is 17.5 Å². The number of amides is 1. The molecule has 96 valence electrons. The van der Waals surface area contributed by atoms with E-state index in [4.69, 9.17) is 0 Å². The fourth-order valence-corrected chi connectivity index (χ4v) is 2.95. The summed E-state index contributed by atoms with van der Waals surface area (Å²) in [6.45, 7) is 2.69. The van der Waals surface area contributed by atoms with Crippen LogP contribution in [-0.4, -0.2) is 41.1 Å². The van der Waals surface area contributed by atoms with Gasteiger partial charge in [0.25, 0.3) is 11.5 Å². The molecule has 18 heavy (non-hydrogen) atoms. The molecule has 5 nitrogen and oxygen atoms in total. The fourth-order valence-electron chi connectivity index (χ4n) is 2.95. The smallest absolute Gasteiger partial charge is 0.254 e. The average Bonchev–Trinajstić information content (AvgIpc) is 2.93. The molecule has 2 saturated heterocycles. The summed E-state index contributed by atoms with van der Waals surface area (Å²) in [6.07, 6.45) is 2.71. The lowest BCUT2D eigenvalue weighted by Crippen LogP contribution is -2.39. The SMILES string of the molecule is Cn1ccc(C(=O)N2CC[C@H]3CNC[C@H]32)cc1=O. The minimum absolute atomic E-state index is 0.0103. The largest absolute Gasteiger partial charge is 0.334 e. The van der Waals surface area contributed by atoms with Crippen LogP contribution in [0.2, 0.25) is 0 Å². The standard InChI is InChI=1S/C13H17N3O2/c1-15-4-2-9(6-12(15)17)13(18)16-5-3-10-7-14-8-11(10)16/h2,4,6,10-11,14H,3,5,7-8H2,1H3/t10-,11+/m0/s1. The van der Waals surface area contributed by atoms with E-state index >= 15 is 0 Å². The zero-order chi connectivity index (χ0) is 12.7. The number of hydrogen-bond acceptors (Lipinski definition) is 3. The summed E-state index contributed by atoms with van der Waals surface area (Å²) >= 11 is 0. The topological polar surface area (TPSA) is 54.3 Å². The molecular formula is C13H17N3O2. The molecule has 1 aromatic heterocycles. The van der Waals surface area contributed by atoms with Gasteiger partial charge in [0, 0.05) is 50.6 Å². The first-order valence-corrected chi connectivity index (χ1v) is 6.35. The highest BCUT2D eigenvalue weighted by Gasteiger charge is 2.40. The molecule has 0 bridgehead atoms. The van der Waals surface area contributed by atoms with Gasteiger partial charge < -0.3 is 14.8 Å². The molecule has 1 N–H and O–H groups in total. The zero-order valence-corrected chi connectivity index (χ0v) is 10.4. The number of carbonyl (C=O) groups excluding carboxylic acids is 1. The van der Waals surface area contributed by atoms with Crippen LogP contribution in [0.4, 0.5) is 0 Å². The molecule has 0 spiro atoms. The van der Waals surface area contributed by atoms with Gasteiger partial charge in [0.1, 0.15) is 0 Å². The van der Waals surface area contributed by atoms with Crippen LogP contribution >= 0.6 is 0 Å². The van der Waals surface area contributed by atoms with Crippen molar-refractivity contribution in [3.8, 4) is 0 Å². The number of carbonyl (C=O) groups is 1. The van der Waals surface area contributed by atoms with E-state index < -0.39 is 0 Å². The number of likely N-dealkylation sites (tertiary alicyclic amines) is 1. The molecule has 3 rings (SSSR count). The van der Waals surface area contributed by atoms with Gasteiger partial charge in [0.05, 0.1) is 0 Å². The van der Waals surface area contributed by atoms with Gasteiger partial charge in [-0.25, -0.2) is 0 Å². The van der Waals surface area contributed by atoms with E-state index in [-0.39, 0.29) is 11.5 Å². The maximum Gasteiger partial charge on any atom is 0.254 e. The summed E-state index contributed by atoms with van der Waals surface area (Å²) in [5.74, 6) is 0.574. The Labute approximate surface area is 105 Å². The Kier molecular flexibility index (Phi) is 2.70. The van der Waals surface area contributed by atoms with E-state index in [0.717, 1.165) is 26.1 Å². The van der Waals surface area contributed by atoms with Gasteiger partial charge in [-0.2, -0.15) is 0 Å². The maximum absolute atomic E-state index is 12.4. The first kappa shape index (κ1) is 11.5. The monoisotopic (exact) mass is 247 g/mol. The molecule has 2 atom stereocenters. The van der Waals surface area contributed by atoms with Gasteiger partial charge in [-0.3, -0.25) is 9.59 Å². The summed E-state index contributed by atoms with van der Waals surface area (Å²) in [4.78, 5) is 25.9. The Morgan fingerprint density at radius 2 is 2.28 bits per heavy atom. The van der Waals surface area contributed by atoms with Crippen molar-refractivity contribution in [1.29, 1.82) is 0 Å². The predicted octanol–water partition coefficient (Wildman–Crippen LogP) is -0.181. The van der Waals surface area contributed by atoms with Crippen molar-refractivity contribution in [2.75, 3.05) is 19.6 Å². The number of fused-ring (bicyclic) bond motifs is 1. The summed E-state index contributed by atoms with van der Waals surface area (Å²) in [5, 5.41) is 3.32. The molecule has 0 radical (unpaired) electrons. The van der Waals surface area contributed by atoms with E-state index in [1.54, 1.807) is 19.3 Å². The normalized spacial score (nSPS) is 26.4. The molecular weight excluding hydrogens is 230 g/mol. The summed E-state index contributed by atoms with van der Waals surface area (Å²) in [5.41, 5.74) is 0.367. The lowest BCUT2D eigenvalue weighted by Gasteiger charge is -2.23. The van der Waals surface area contributed by atoms with Gasteiger partial charge >= 0.3 is 0 Å². The molecule has 0 unspecified atom stereocenters. The predicted molar refractivity (Wildman–Crippen MR) is 67.5 cm³/mol. The minimum atomic E-state index is -0.138. The Bertz CT molecular complexity index is 537. The second-order valence-corrected chi connectivity index (χ2v) is 5.14. The van der Waals surface area contributed by atoms with Crippen LogP contribution in [-0.2, 0) is 7.05 Å². The highest BCUT2D eigenvalue weighted by atomic mass is 16.2. The third kappa shape index (κ3) is 1.75. The van der Waals surface area contributed by atoms with Crippen molar-refractivity contribution in [3.05, 3.63) is 34.2 Å². The van der Waals surface area contributed by atoms with Crippen LogP contribution in [0.15, 0.2) is 23.1 Å². The van der Waals surface area contributed by atoms with Gasteiger partial charge in [-0.05, 0) is 18.4 Å². The number of pyridine rings is 1.